The minimum absolute atomic E-state index is 0.117. The predicted octanol–water partition coefficient (Wildman–Crippen LogP) is -0.324. The zero-order valence-corrected chi connectivity index (χ0v) is 15.8. The van der Waals surface area contributed by atoms with Crippen LogP contribution in [0.2, 0.25) is 0 Å². The lowest BCUT2D eigenvalue weighted by Crippen LogP contribution is -2.38. The lowest BCUT2D eigenvalue weighted by atomic mass is 10.1. The van der Waals surface area contributed by atoms with Gasteiger partial charge in [-0.25, -0.2) is 4.79 Å². The van der Waals surface area contributed by atoms with E-state index in [1.54, 1.807) is 0 Å². The first-order valence-corrected chi connectivity index (χ1v) is 9.79. The molecule has 0 spiro atoms. The molecule has 10 nitrogen and oxygen atoms in total. The fourth-order valence-electron chi connectivity index (χ4n) is 2.26. The molecular formula is C12H14BrClN2O8S. The Kier molecular flexibility index (Phi) is 6.59. The normalized spacial score (nSPS) is 27.2. The van der Waals surface area contributed by atoms with Crippen molar-refractivity contribution in [2.45, 2.75) is 24.5 Å². The molecule has 1 aliphatic heterocycles. The van der Waals surface area contributed by atoms with Gasteiger partial charge >= 0.3 is 5.69 Å². The summed E-state index contributed by atoms with van der Waals surface area (Å²) in [6, 6.07) is 0. The van der Waals surface area contributed by atoms with Crippen LogP contribution in [0, 0.1) is 0 Å². The minimum atomic E-state index is -3.76. The number of hydrogen-bond donors (Lipinski definition) is 2. The van der Waals surface area contributed by atoms with Gasteiger partial charge in [-0.3, -0.25) is 22.8 Å². The number of H-pyrrole nitrogens is 1. The summed E-state index contributed by atoms with van der Waals surface area (Å²) in [6.45, 7) is -0.476. The SMILES string of the molecule is CS(=O)(=O)OC[C@@H]1O[C@H](n2cc(/C=C/Br)c(=O)[nH]c2=O)C(O)C1OCl. The van der Waals surface area contributed by atoms with Crippen LogP contribution in [-0.2, 0) is 23.3 Å². The Morgan fingerprint density at radius 3 is 2.76 bits per heavy atom. The van der Waals surface area contributed by atoms with Gasteiger partial charge in [0.15, 0.2) is 6.23 Å². The van der Waals surface area contributed by atoms with Gasteiger partial charge in [0.25, 0.3) is 15.7 Å². The Bertz CT molecular complexity index is 867. The van der Waals surface area contributed by atoms with E-state index in [4.69, 9.17) is 16.6 Å². The van der Waals surface area contributed by atoms with Crippen LogP contribution in [0.5, 0.6) is 0 Å². The molecule has 4 atom stereocenters. The summed E-state index contributed by atoms with van der Waals surface area (Å²) < 4.78 is 37.8. The molecule has 13 heteroatoms. The lowest BCUT2D eigenvalue weighted by molar-refractivity contribution is -0.0504. The number of aromatic amines is 1. The summed E-state index contributed by atoms with van der Waals surface area (Å²) in [6.07, 6.45) is -1.52. The highest BCUT2D eigenvalue weighted by Gasteiger charge is 2.46. The highest BCUT2D eigenvalue weighted by Crippen LogP contribution is 2.31. The van der Waals surface area contributed by atoms with Crippen molar-refractivity contribution in [1.82, 2.24) is 9.55 Å². The van der Waals surface area contributed by atoms with Crippen LogP contribution < -0.4 is 11.2 Å². The molecule has 1 fully saturated rings. The molecular weight excluding hydrogens is 448 g/mol. The summed E-state index contributed by atoms with van der Waals surface area (Å²) in [5.41, 5.74) is -1.35. The minimum Gasteiger partial charge on any atom is -0.385 e. The second-order valence-corrected chi connectivity index (χ2v) is 7.49. The Hall–Kier alpha value is -1.02. The average molecular weight is 462 g/mol. The molecule has 1 aromatic heterocycles. The van der Waals surface area contributed by atoms with Crippen LogP contribution in [-0.4, -0.2) is 54.2 Å². The first-order valence-electron chi connectivity index (χ1n) is 6.75. The number of halogens is 2. The second-order valence-electron chi connectivity index (χ2n) is 5.14. The number of rotatable bonds is 6. The van der Waals surface area contributed by atoms with E-state index in [2.05, 4.69) is 29.4 Å². The first-order chi connectivity index (χ1) is 11.7. The van der Waals surface area contributed by atoms with Gasteiger partial charge in [0.2, 0.25) is 0 Å². The smallest absolute Gasteiger partial charge is 0.330 e. The molecule has 1 aromatic rings. The van der Waals surface area contributed by atoms with Crippen LogP contribution in [0.15, 0.2) is 20.8 Å². The largest absolute Gasteiger partial charge is 0.385 e. The lowest BCUT2D eigenvalue weighted by Gasteiger charge is -2.17. The maximum atomic E-state index is 12.0. The second kappa shape index (κ2) is 8.12. The molecule has 2 heterocycles. The van der Waals surface area contributed by atoms with Crippen molar-refractivity contribution < 1.29 is 26.7 Å². The van der Waals surface area contributed by atoms with Crippen molar-refractivity contribution >= 4 is 44.0 Å². The molecule has 1 aliphatic rings. The Labute approximate surface area is 155 Å². The Balaban J connectivity index is 2.35. The summed E-state index contributed by atoms with van der Waals surface area (Å²) >= 11 is 8.35. The molecule has 2 N–H and O–H groups in total. The molecule has 0 amide bonds. The van der Waals surface area contributed by atoms with E-state index >= 15 is 0 Å². The molecule has 0 aliphatic carbocycles. The van der Waals surface area contributed by atoms with E-state index < -0.39 is 52.5 Å². The standard InChI is InChI=1S/C12H14BrClN2O8S/c1-25(20,21)22-5-7-9(24-14)8(17)11(23-7)16-4-6(2-3-13)10(18)15-12(16)19/h2-4,7-9,11,17H,5H2,1H3,(H,15,18,19)/b3-2+/t7-,8?,9?,11-/m0/s1. The monoisotopic (exact) mass is 460 g/mol. The molecule has 2 rings (SSSR count). The summed E-state index contributed by atoms with van der Waals surface area (Å²) in [5, 5.41) is 10.3. The average Bonchev–Trinajstić information content (AvgIpc) is 2.83. The van der Waals surface area contributed by atoms with E-state index in [9.17, 15) is 23.1 Å². The van der Waals surface area contributed by atoms with Gasteiger partial charge in [-0.15, -0.1) is 0 Å². The molecule has 0 saturated carbocycles. The topological polar surface area (TPSA) is 137 Å². The summed E-state index contributed by atoms with van der Waals surface area (Å²) in [5.74, 6) is 0. The van der Waals surface area contributed by atoms with Crippen molar-refractivity contribution in [3.05, 3.63) is 37.6 Å². The fourth-order valence-corrected chi connectivity index (χ4v) is 3.15. The highest BCUT2D eigenvalue weighted by atomic mass is 79.9. The molecule has 1 saturated heterocycles. The zero-order valence-electron chi connectivity index (χ0n) is 12.7. The molecule has 0 bridgehead atoms. The van der Waals surface area contributed by atoms with Crippen molar-refractivity contribution in [3.8, 4) is 0 Å². The summed E-state index contributed by atoms with van der Waals surface area (Å²) in [7, 11) is -3.76. The molecule has 2 unspecified atom stereocenters. The van der Waals surface area contributed by atoms with E-state index in [1.165, 1.54) is 17.3 Å². The van der Waals surface area contributed by atoms with Crippen molar-refractivity contribution in [3.63, 3.8) is 0 Å². The maximum Gasteiger partial charge on any atom is 0.330 e. The summed E-state index contributed by atoms with van der Waals surface area (Å²) in [4.78, 5) is 27.2. The van der Waals surface area contributed by atoms with Crippen molar-refractivity contribution in [2.24, 2.45) is 0 Å². The Morgan fingerprint density at radius 1 is 1.52 bits per heavy atom. The van der Waals surface area contributed by atoms with Crippen LogP contribution in [0.3, 0.4) is 0 Å². The molecule has 140 valence electrons. The molecule has 25 heavy (non-hydrogen) atoms. The number of aromatic nitrogens is 2. The van der Waals surface area contributed by atoms with Gasteiger partial charge in [0.05, 0.1) is 30.3 Å². The number of nitrogens with zero attached hydrogens (tertiary/aromatic N) is 1. The number of ether oxygens (including phenoxy) is 1. The van der Waals surface area contributed by atoms with Gasteiger partial charge < -0.3 is 9.84 Å². The Morgan fingerprint density at radius 2 is 2.20 bits per heavy atom. The first kappa shape index (κ1) is 20.3. The van der Waals surface area contributed by atoms with Gasteiger partial charge in [0, 0.05) is 6.20 Å². The third kappa shape index (κ3) is 4.78. The number of hydrogen-bond acceptors (Lipinski definition) is 8. The predicted molar refractivity (Wildman–Crippen MR) is 90.7 cm³/mol. The van der Waals surface area contributed by atoms with Crippen LogP contribution in [0.1, 0.15) is 11.8 Å². The molecule has 0 radical (unpaired) electrons. The van der Waals surface area contributed by atoms with E-state index in [-0.39, 0.29) is 5.56 Å². The molecule has 0 aromatic carbocycles. The van der Waals surface area contributed by atoms with Gasteiger partial charge in [0.1, 0.15) is 18.3 Å². The van der Waals surface area contributed by atoms with E-state index in [0.717, 1.165) is 10.8 Å². The zero-order chi connectivity index (χ0) is 18.8. The number of aliphatic hydroxyl groups excluding tert-OH is 1. The van der Waals surface area contributed by atoms with Crippen LogP contribution in [0.25, 0.3) is 6.08 Å². The third-order valence-electron chi connectivity index (χ3n) is 3.37. The van der Waals surface area contributed by atoms with Crippen LogP contribution in [0.4, 0.5) is 0 Å². The van der Waals surface area contributed by atoms with Gasteiger partial charge in [-0.05, 0) is 11.1 Å². The van der Waals surface area contributed by atoms with Gasteiger partial charge in [-0.1, -0.05) is 15.9 Å². The van der Waals surface area contributed by atoms with Crippen LogP contribution >= 0.6 is 27.8 Å². The van der Waals surface area contributed by atoms with E-state index in [1.807, 2.05) is 0 Å². The highest BCUT2D eigenvalue weighted by molar-refractivity contribution is 9.11. The number of aliphatic hydroxyl groups is 1. The fraction of sp³-hybridized carbons (Fsp3) is 0.500. The van der Waals surface area contributed by atoms with Gasteiger partial charge in [-0.2, -0.15) is 8.42 Å². The van der Waals surface area contributed by atoms with E-state index in [0.29, 0.717) is 0 Å². The quantitative estimate of drug-likeness (QED) is 0.550. The van der Waals surface area contributed by atoms with Crippen molar-refractivity contribution in [2.75, 3.05) is 12.9 Å². The third-order valence-corrected chi connectivity index (χ3v) is 4.41. The maximum absolute atomic E-state index is 12.0. The van der Waals surface area contributed by atoms with Crippen molar-refractivity contribution in [1.29, 1.82) is 0 Å². The number of nitrogens with one attached hydrogen (secondary N) is 1.